The Morgan fingerprint density at radius 2 is 2.40 bits per heavy atom. The molecule has 0 bridgehead atoms. The molecular formula is C12H18N2O. The van der Waals surface area contributed by atoms with Crippen molar-refractivity contribution in [3.05, 3.63) is 36.7 Å². The molecule has 1 rings (SSSR count). The minimum atomic E-state index is -0.00562. The van der Waals surface area contributed by atoms with E-state index < -0.39 is 0 Å². The number of pyridine rings is 1. The first-order valence-electron chi connectivity index (χ1n) is 5.15. The summed E-state index contributed by atoms with van der Waals surface area (Å²) < 4.78 is 0. The molecule has 15 heavy (non-hydrogen) atoms. The number of aliphatic hydroxyl groups is 1. The van der Waals surface area contributed by atoms with Gasteiger partial charge < -0.3 is 10.0 Å². The van der Waals surface area contributed by atoms with Gasteiger partial charge in [-0.25, -0.2) is 0 Å². The van der Waals surface area contributed by atoms with Gasteiger partial charge in [0, 0.05) is 25.5 Å². The maximum atomic E-state index is 8.96. The van der Waals surface area contributed by atoms with E-state index in [4.69, 9.17) is 5.11 Å². The van der Waals surface area contributed by atoms with E-state index in [0.29, 0.717) is 5.69 Å². The molecule has 0 saturated carbocycles. The fourth-order valence-electron chi connectivity index (χ4n) is 1.39. The summed E-state index contributed by atoms with van der Waals surface area (Å²) in [7, 11) is 2.04. The maximum absolute atomic E-state index is 8.96. The van der Waals surface area contributed by atoms with Gasteiger partial charge in [-0.05, 0) is 25.0 Å². The van der Waals surface area contributed by atoms with Crippen molar-refractivity contribution in [2.45, 2.75) is 19.4 Å². The number of aromatic nitrogens is 1. The molecule has 1 aromatic heterocycles. The predicted molar refractivity (Wildman–Crippen MR) is 62.9 cm³/mol. The van der Waals surface area contributed by atoms with Crippen molar-refractivity contribution in [1.29, 1.82) is 0 Å². The molecule has 0 spiro atoms. The molecule has 1 N–H and O–H groups in total. The minimum Gasteiger partial charge on any atom is -0.390 e. The van der Waals surface area contributed by atoms with Crippen LogP contribution in [-0.4, -0.2) is 23.7 Å². The van der Waals surface area contributed by atoms with Crippen molar-refractivity contribution in [3.63, 3.8) is 0 Å². The quantitative estimate of drug-likeness (QED) is 0.571. The molecule has 0 fully saturated rings. The Labute approximate surface area is 91.1 Å². The Balaban J connectivity index is 2.56. The highest BCUT2D eigenvalue weighted by Crippen LogP contribution is 2.13. The average molecular weight is 206 g/mol. The van der Waals surface area contributed by atoms with E-state index in [1.54, 1.807) is 6.20 Å². The second-order valence-corrected chi connectivity index (χ2v) is 3.52. The molecule has 1 heterocycles. The van der Waals surface area contributed by atoms with Gasteiger partial charge in [-0.1, -0.05) is 6.08 Å². The monoisotopic (exact) mass is 206 g/mol. The third-order valence-corrected chi connectivity index (χ3v) is 2.30. The summed E-state index contributed by atoms with van der Waals surface area (Å²) in [4.78, 5) is 6.20. The van der Waals surface area contributed by atoms with Gasteiger partial charge in [0.05, 0.1) is 12.3 Å². The zero-order chi connectivity index (χ0) is 11.1. The molecule has 0 aliphatic carbocycles. The van der Waals surface area contributed by atoms with Gasteiger partial charge in [0.15, 0.2) is 0 Å². The maximum Gasteiger partial charge on any atom is 0.0853 e. The number of hydrogen-bond donors (Lipinski definition) is 1. The van der Waals surface area contributed by atoms with E-state index in [2.05, 4.69) is 16.5 Å². The Morgan fingerprint density at radius 3 is 3.07 bits per heavy atom. The summed E-state index contributed by atoms with van der Waals surface area (Å²) >= 11 is 0. The van der Waals surface area contributed by atoms with Gasteiger partial charge in [0.1, 0.15) is 0 Å². The van der Waals surface area contributed by atoms with Crippen LogP contribution in [0.5, 0.6) is 0 Å². The molecule has 0 amide bonds. The summed E-state index contributed by atoms with van der Waals surface area (Å²) in [6.07, 6.45) is 5.78. The van der Waals surface area contributed by atoms with Gasteiger partial charge in [-0.2, -0.15) is 0 Å². The molecule has 82 valence electrons. The van der Waals surface area contributed by atoms with Crippen LogP contribution in [0.15, 0.2) is 31.0 Å². The van der Waals surface area contributed by atoms with Crippen LogP contribution in [-0.2, 0) is 6.61 Å². The van der Waals surface area contributed by atoms with E-state index in [-0.39, 0.29) is 6.61 Å². The van der Waals surface area contributed by atoms with Gasteiger partial charge in [0.2, 0.25) is 0 Å². The van der Waals surface area contributed by atoms with Crippen LogP contribution in [0.2, 0.25) is 0 Å². The zero-order valence-electron chi connectivity index (χ0n) is 9.19. The molecule has 0 aromatic carbocycles. The Morgan fingerprint density at radius 1 is 1.60 bits per heavy atom. The summed E-state index contributed by atoms with van der Waals surface area (Å²) in [5.74, 6) is 0. The summed E-state index contributed by atoms with van der Waals surface area (Å²) in [5.41, 5.74) is 1.81. The summed E-state index contributed by atoms with van der Waals surface area (Å²) in [5, 5.41) is 8.96. The van der Waals surface area contributed by atoms with Gasteiger partial charge in [-0.15, -0.1) is 6.58 Å². The van der Waals surface area contributed by atoms with Crippen LogP contribution in [0, 0.1) is 0 Å². The summed E-state index contributed by atoms with van der Waals surface area (Å²) in [6, 6.07) is 3.86. The van der Waals surface area contributed by atoms with E-state index in [1.165, 1.54) is 0 Å². The van der Waals surface area contributed by atoms with Crippen LogP contribution >= 0.6 is 0 Å². The number of rotatable bonds is 6. The molecule has 0 radical (unpaired) electrons. The lowest BCUT2D eigenvalue weighted by molar-refractivity contribution is 0.277. The lowest BCUT2D eigenvalue weighted by atomic mass is 10.2. The normalized spacial score (nSPS) is 10.0. The number of aliphatic hydroxyl groups excluding tert-OH is 1. The second kappa shape index (κ2) is 6.19. The van der Waals surface area contributed by atoms with Gasteiger partial charge in [0.25, 0.3) is 0 Å². The lowest BCUT2D eigenvalue weighted by Crippen LogP contribution is -2.18. The molecule has 0 unspecified atom stereocenters. The minimum absolute atomic E-state index is 0.00562. The molecule has 0 aliphatic heterocycles. The summed E-state index contributed by atoms with van der Waals surface area (Å²) in [6.45, 7) is 4.68. The highest BCUT2D eigenvalue weighted by molar-refractivity contribution is 5.45. The Hall–Kier alpha value is -1.35. The Kier molecular flexibility index (Phi) is 4.84. The third-order valence-electron chi connectivity index (χ3n) is 2.30. The van der Waals surface area contributed by atoms with Gasteiger partial charge in [-0.3, -0.25) is 4.98 Å². The molecule has 1 aromatic rings. The van der Waals surface area contributed by atoms with Crippen molar-refractivity contribution < 1.29 is 5.11 Å². The zero-order valence-corrected chi connectivity index (χ0v) is 9.19. The second-order valence-electron chi connectivity index (χ2n) is 3.52. The number of hydrogen-bond acceptors (Lipinski definition) is 3. The third kappa shape index (κ3) is 3.72. The molecule has 3 nitrogen and oxygen atoms in total. The first-order chi connectivity index (χ1) is 7.27. The fourth-order valence-corrected chi connectivity index (χ4v) is 1.39. The van der Waals surface area contributed by atoms with Crippen molar-refractivity contribution in [2.24, 2.45) is 0 Å². The first kappa shape index (κ1) is 11.7. The number of unbranched alkanes of at least 4 members (excludes halogenated alkanes) is 1. The Bertz CT molecular complexity index is 312. The van der Waals surface area contributed by atoms with Crippen molar-refractivity contribution in [2.75, 3.05) is 18.5 Å². The predicted octanol–water partition coefficient (Wildman–Crippen LogP) is 1.98. The van der Waals surface area contributed by atoms with E-state index in [9.17, 15) is 0 Å². The van der Waals surface area contributed by atoms with E-state index in [1.807, 2.05) is 25.3 Å². The number of anilines is 1. The fraction of sp³-hybridized carbons (Fsp3) is 0.417. The van der Waals surface area contributed by atoms with Crippen LogP contribution in [0.3, 0.4) is 0 Å². The van der Waals surface area contributed by atoms with Crippen molar-refractivity contribution >= 4 is 5.69 Å². The van der Waals surface area contributed by atoms with Crippen LogP contribution in [0.1, 0.15) is 18.5 Å². The topological polar surface area (TPSA) is 36.4 Å². The molecule has 0 atom stereocenters. The SMILES string of the molecule is C=CCCCN(C)c1ccnc(CO)c1. The highest BCUT2D eigenvalue weighted by atomic mass is 16.3. The van der Waals surface area contributed by atoms with Gasteiger partial charge >= 0.3 is 0 Å². The smallest absolute Gasteiger partial charge is 0.0853 e. The average Bonchev–Trinajstić information content (AvgIpc) is 2.29. The van der Waals surface area contributed by atoms with Crippen molar-refractivity contribution in [3.8, 4) is 0 Å². The lowest BCUT2D eigenvalue weighted by Gasteiger charge is -2.19. The van der Waals surface area contributed by atoms with E-state index in [0.717, 1.165) is 25.1 Å². The molecule has 0 saturated heterocycles. The van der Waals surface area contributed by atoms with Crippen LogP contribution in [0.4, 0.5) is 5.69 Å². The molecular weight excluding hydrogens is 188 g/mol. The largest absolute Gasteiger partial charge is 0.390 e. The highest BCUT2D eigenvalue weighted by Gasteiger charge is 2.01. The standard InChI is InChI=1S/C12H18N2O/c1-3-4-5-8-14(2)12-6-7-13-11(9-12)10-15/h3,6-7,9,15H,1,4-5,8,10H2,2H3. The first-order valence-corrected chi connectivity index (χ1v) is 5.15. The van der Waals surface area contributed by atoms with Crippen LogP contribution in [0.25, 0.3) is 0 Å². The molecule has 3 heteroatoms. The number of allylic oxidation sites excluding steroid dienone is 1. The number of nitrogens with zero attached hydrogens (tertiary/aromatic N) is 2. The van der Waals surface area contributed by atoms with Crippen molar-refractivity contribution in [1.82, 2.24) is 4.98 Å². The van der Waals surface area contributed by atoms with E-state index >= 15 is 0 Å². The van der Waals surface area contributed by atoms with Crippen LogP contribution < -0.4 is 4.90 Å². The molecule has 0 aliphatic rings.